The van der Waals surface area contributed by atoms with Crippen LogP contribution in [0, 0.1) is 0 Å². The van der Waals surface area contributed by atoms with Gasteiger partial charge in [0.2, 0.25) is 5.95 Å². The number of aryl methyl sites for hydroxylation is 1. The molecule has 0 fully saturated rings. The third kappa shape index (κ3) is 5.41. The Hall–Kier alpha value is -3.21. The summed E-state index contributed by atoms with van der Waals surface area (Å²) in [5.41, 5.74) is 1.95. The molecule has 5 nitrogen and oxygen atoms in total. The lowest BCUT2D eigenvalue weighted by Crippen LogP contribution is -2.14. The SMILES string of the molecule is O=C(Nc1ccnc(NCCCCc2ccccc2)n1)c1ccccc1. The summed E-state index contributed by atoms with van der Waals surface area (Å²) >= 11 is 0. The van der Waals surface area contributed by atoms with Gasteiger partial charge in [0.1, 0.15) is 5.82 Å². The number of aromatic nitrogens is 2. The minimum Gasteiger partial charge on any atom is -0.354 e. The fraction of sp³-hybridized carbons (Fsp3) is 0.190. The maximum absolute atomic E-state index is 12.2. The van der Waals surface area contributed by atoms with Crippen LogP contribution in [0.25, 0.3) is 0 Å². The van der Waals surface area contributed by atoms with Gasteiger partial charge in [-0.15, -0.1) is 0 Å². The Labute approximate surface area is 153 Å². The van der Waals surface area contributed by atoms with Crippen molar-refractivity contribution >= 4 is 17.7 Å². The number of hydrogen-bond donors (Lipinski definition) is 2. The van der Waals surface area contributed by atoms with E-state index in [4.69, 9.17) is 0 Å². The van der Waals surface area contributed by atoms with Crippen LogP contribution >= 0.6 is 0 Å². The lowest BCUT2D eigenvalue weighted by molar-refractivity contribution is 0.102. The highest BCUT2D eigenvalue weighted by atomic mass is 16.1. The van der Waals surface area contributed by atoms with E-state index >= 15 is 0 Å². The van der Waals surface area contributed by atoms with Gasteiger partial charge in [-0.05, 0) is 43.0 Å². The van der Waals surface area contributed by atoms with E-state index in [0.29, 0.717) is 17.3 Å². The standard InChI is InChI=1S/C21H22N4O/c26-20(18-12-5-2-6-13-18)24-19-14-16-23-21(25-19)22-15-8-7-11-17-9-3-1-4-10-17/h1-6,9-10,12-14,16H,7-8,11,15H2,(H2,22,23,24,25,26). The van der Waals surface area contributed by atoms with Gasteiger partial charge in [-0.2, -0.15) is 4.98 Å². The van der Waals surface area contributed by atoms with E-state index in [1.54, 1.807) is 24.4 Å². The van der Waals surface area contributed by atoms with Crippen LogP contribution in [0.4, 0.5) is 11.8 Å². The minimum absolute atomic E-state index is 0.182. The smallest absolute Gasteiger partial charge is 0.256 e. The molecule has 0 aliphatic heterocycles. The number of unbranched alkanes of at least 4 members (excludes halogenated alkanes) is 1. The molecule has 5 heteroatoms. The summed E-state index contributed by atoms with van der Waals surface area (Å²) < 4.78 is 0. The lowest BCUT2D eigenvalue weighted by atomic mass is 10.1. The van der Waals surface area contributed by atoms with Crippen LogP contribution in [0.3, 0.4) is 0 Å². The maximum Gasteiger partial charge on any atom is 0.256 e. The van der Waals surface area contributed by atoms with Crippen LogP contribution < -0.4 is 10.6 Å². The number of anilines is 2. The van der Waals surface area contributed by atoms with Crippen LogP contribution in [-0.2, 0) is 6.42 Å². The Kier molecular flexibility index (Phi) is 6.31. The van der Waals surface area contributed by atoms with Gasteiger partial charge < -0.3 is 10.6 Å². The highest BCUT2D eigenvalue weighted by Gasteiger charge is 2.06. The van der Waals surface area contributed by atoms with Gasteiger partial charge in [0.05, 0.1) is 0 Å². The number of amides is 1. The van der Waals surface area contributed by atoms with Crippen molar-refractivity contribution in [3.63, 3.8) is 0 Å². The normalized spacial score (nSPS) is 10.3. The summed E-state index contributed by atoms with van der Waals surface area (Å²) in [4.78, 5) is 20.7. The van der Waals surface area contributed by atoms with Gasteiger partial charge >= 0.3 is 0 Å². The quantitative estimate of drug-likeness (QED) is 0.601. The van der Waals surface area contributed by atoms with Crippen LogP contribution in [0.1, 0.15) is 28.8 Å². The molecule has 0 atom stereocenters. The van der Waals surface area contributed by atoms with Gasteiger partial charge in [0.25, 0.3) is 5.91 Å². The average molecular weight is 346 g/mol. The molecule has 0 saturated heterocycles. The molecule has 0 saturated carbocycles. The monoisotopic (exact) mass is 346 g/mol. The van der Waals surface area contributed by atoms with Crippen molar-refractivity contribution in [3.05, 3.63) is 84.1 Å². The summed E-state index contributed by atoms with van der Waals surface area (Å²) in [5.74, 6) is 0.828. The molecule has 0 radical (unpaired) electrons. The first-order valence-electron chi connectivity index (χ1n) is 8.78. The molecular weight excluding hydrogens is 324 g/mol. The zero-order chi connectivity index (χ0) is 18.0. The Morgan fingerprint density at radius 3 is 2.38 bits per heavy atom. The number of carbonyl (C=O) groups excluding carboxylic acids is 1. The summed E-state index contributed by atoms with van der Waals surface area (Å²) in [6, 6.07) is 21.2. The first-order valence-corrected chi connectivity index (χ1v) is 8.78. The predicted molar refractivity (Wildman–Crippen MR) is 104 cm³/mol. The molecule has 1 amide bonds. The highest BCUT2D eigenvalue weighted by Crippen LogP contribution is 2.09. The summed E-state index contributed by atoms with van der Waals surface area (Å²) in [6.45, 7) is 0.795. The number of benzene rings is 2. The van der Waals surface area contributed by atoms with Crippen molar-refractivity contribution in [3.8, 4) is 0 Å². The number of rotatable bonds is 8. The second-order valence-electron chi connectivity index (χ2n) is 5.96. The second-order valence-corrected chi connectivity index (χ2v) is 5.96. The average Bonchev–Trinajstić information content (AvgIpc) is 2.69. The van der Waals surface area contributed by atoms with E-state index in [-0.39, 0.29) is 5.91 Å². The molecule has 3 aromatic rings. The molecule has 0 bridgehead atoms. The van der Waals surface area contributed by atoms with Crippen molar-refractivity contribution < 1.29 is 4.79 Å². The van der Waals surface area contributed by atoms with Gasteiger partial charge in [-0.25, -0.2) is 4.98 Å². The van der Waals surface area contributed by atoms with Crippen molar-refractivity contribution in [2.45, 2.75) is 19.3 Å². The van der Waals surface area contributed by atoms with Crippen molar-refractivity contribution in [2.24, 2.45) is 0 Å². The Morgan fingerprint density at radius 1 is 0.885 bits per heavy atom. The van der Waals surface area contributed by atoms with E-state index in [9.17, 15) is 4.79 Å². The Morgan fingerprint density at radius 2 is 1.62 bits per heavy atom. The van der Waals surface area contributed by atoms with Crippen LogP contribution in [-0.4, -0.2) is 22.4 Å². The Balaban J connectivity index is 1.44. The molecule has 1 heterocycles. The summed E-state index contributed by atoms with van der Waals surface area (Å²) in [7, 11) is 0. The van der Waals surface area contributed by atoms with Crippen molar-refractivity contribution in [1.82, 2.24) is 9.97 Å². The second kappa shape index (κ2) is 9.32. The van der Waals surface area contributed by atoms with E-state index < -0.39 is 0 Å². The molecule has 0 aliphatic rings. The number of nitrogens with zero attached hydrogens (tertiary/aromatic N) is 2. The van der Waals surface area contributed by atoms with E-state index in [2.05, 4.69) is 44.9 Å². The molecule has 0 aliphatic carbocycles. The number of hydrogen-bond acceptors (Lipinski definition) is 4. The van der Waals surface area contributed by atoms with E-state index in [1.807, 2.05) is 24.3 Å². The van der Waals surface area contributed by atoms with Crippen molar-refractivity contribution in [1.29, 1.82) is 0 Å². The molecular formula is C21H22N4O. The van der Waals surface area contributed by atoms with Gasteiger partial charge in [-0.1, -0.05) is 48.5 Å². The number of carbonyl (C=O) groups is 1. The predicted octanol–water partition coefficient (Wildman–Crippen LogP) is 4.16. The minimum atomic E-state index is -0.182. The van der Waals surface area contributed by atoms with E-state index in [1.165, 1.54) is 5.56 Å². The third-order valence-corrected chi connectivity index (χ3v) is 3.95. The molecule has 3 rings (SSSR count). The molecule has 2 aromatic carbocycles. The summed E-state index contributed by atoms with van der Waals surface area (Å²) in [6.07, 6.45) is 4.83. The first-order chi connectivity index (χ1) is 12.8. The zero-order valence-corrected chi connectivity index (χ0v) is 14.6. The molecule has 132 valence electrons. The largest absolute Gasteiger partial charge is 0.354 e. The zero-order valence-electron chi connectivity index (χ0n) is 14.6. The molecule has 0 spiro atoms. The van der Waals surface area contributed by atoms with Crippen molar-refractivity contribution in [2.75, 3.05) is 17.2 Å². The van der Waals surface area contributed by atoms with Crippen LogP contribution in [0.5, 0.6) is 0 Å². The third-order valence-electron chi connectivity index (χ3n) is 3.95. The molecule has 26 heavy (non-hydrogen) atoms. The topological polar surface area (TPSA) is 66.9 Å². The molecule has 1 aromatic heterocycles. The van der Waals surface area contributed by atoms with Gasteiger partial charge in [0, 0.05) is 18.3 Å². The summed E-state index contributed by atoms with van der Waals surface area (Å²) in [5, 5.41) is 6.00. The van der Waals surface area contributed by atoms with Gasteiger partial charge in [0.15, 0.2) is 0 Å². The maximum atomic E-state index is 12.2. The first kappa shape index (κ1) is 17.6. The van der Waals surface area contributed by atoms with Crippen LogP contribution in [0.2, 0.25) is 0 Å². The fourth-order valence-electron chi connectivity index (χ4n) is 2.59. The molecule has 2 N–H and O–H groups in total. The highest BCUT2D eigenvalue weighted by molar-refractivity contribution is 6.03. The van der Waals surface area contributed by atoms with Gasteiger partial charge in [-0.3, -0.25) is 4.79 Å². The number of nitrogens with one attached hydrogen (secondary N) is 2. The lowest BCUT2D eigenvalue weighted by Gasteiger charge is -2.08. The fourth-order valence-corrected chi connectivity index (χ4v) is 2.59. The van der Waals surface area contributed by atoms with E-state index in [0.717, 1.165) is 25.8 Å². The Bertz CT molecular complexity index is 822. The molecule has 0 unspecified atom stereocenters. The van der Waals surface area contributed by atoms with Crippen LogP contribution in [0.15, 0.2) is 72.9 Å².